The molecule has 110 valence electrons. The summed E-state index contributed by atoms with van der Waals surface area (Å²) < 4.78 is 5.81. The predicted octanol–water partition coefficient (Wildman–Crippen LogP) is 2.96. The molecule has 0 unspecified atom stereocenters. The fourth-order valence-electron chi connectivity index (χ4n) is 2.07. The Bertz CT molecular complexity index is 595. The van der Waals surface area contributed by atoms with Crippen LogP contribution in [-0.4, -0.2) is 28.5 Å². The first-order valence-electron chi connectivity index (χ1n) is 6.82. The molecule has 1 amide bonds. The minimum absolute atomic E-state index is 0.101. The molecule has 1 N–H and O–H groups in total. The third-order valence-corrected chi connectivity index (χ3v) is 5.18. The van der Waals surface area contributed by atoms with E-state index in [0.29, 0.717) is 18.0 Å². The second-order valence-corrected chi connectivity index (χ2v) is 6.93. The smallest absolute Gasteiger partial charge is 0.251 e. The van der Waals surface area contributed by atoms with E-state index in [9.17, 15) is 4.79 Å². The topological polar surface area (TPSA) is 51.2 Å². The first-order chi connectivity index (χ1) is 10.3. The maximum Gasteiger partial charge on any atom is 0.251 e. The van der Waals surface area contributed by atoms with Crippen LogP contribution in [0.15, 0.2) is 35.8 Å². The molecule has 0 spiro atoms. The SMILES string of the molecule is O=C(NCc1cccs1)c1ccnc(O[C@H]2CCSC2)c1. The van der Waals surface area contributed by atoms with Gasteiger partial charge in [0.15, 0.2) is 0 Å². The first kappa shape index (κ1) is 14.4. The van der Waals surface area contributed by atoms with Crippen LogP contribution in [0.5, 0.6) is 5.88 Å². The van der Waals surface area contributed by atoms with Crippen molar-refractivity contribution in [2.24, 2.45) is 0 Å². The van der Waals surface area contributed by atoms with Crippen LogP contribution >= 0.6 is 23.1 Å². The van der Waals surface area contributed by atoms with E-state index >= 15 is 0 Å². The van der Waals surface area contributed by atoms with Crippen LogP contribution < -0.4 is 10.1 Å². The lowest BCUT2D eigenvalue weighted by Crippen LogP contribution is -2.22. The Kier molecular flexibility index (Phi) is 4.77. The molecule has 1 aliphatic heterocycles. The molecule has 2 aromatic heterocycles. The number of nitrogens with one attached hydrogen (secondary N) is 1. The number of rotatable bonds is 5. The number of nitrogens with zero attached hydrogens (tertiary/aromatic N) is 1. The Labute approximate surface area is 131 Å². The summed E-state index contributed by atoms with van der Waals surface area (Å²) in [5, 5.41) is 4.91. The second kappa shape index (κ2) is 6.95. The number of hydrogen-bond donors (Lipinski definition) is 1. The van der Waals surface area contributed by atoms with Gasteiger partial charge in [-0.25, -0.2) is 4.98 Å². The van der Waals surface area contributed by atoms with Crippen molar-refractivity contribution in [1.29, 1.82) is 0 Å². The van der Waals surface area contributed by atoms with E-state index in [0.717, 1.165) is 22.8 Å². The molecule has 4 nitrogen and oxygen atoms in total. The molecule has 1 aliphatic rings. The van der Waals surface area contributed by atoms with Gasteiger partial charge in [0.2, 0.25) is 5.88 Å². The van der Waals surface area contributed by atoms with Crippen molar-refractivity contribution in [3.05, 3.63) is 46.3 Å². The zero-order chi connectivity index (χ0) is 14.5. The fourth-order valence-corrected chi connectivity index (χ4v) is 3.81. The fraction of sp³-hybridized carbons (Fsp3) is 0.333. The van der Waals surface area contributed by atoms with E-state index in [1.165, 1.54) is 0 Å². The largest absolute Gasteiger partial charge is 0.473 e. The van der Waals surface area contributed by atoms with Crippen LogP contribution in [0.3, 0.4) is 0 Å². The Balaban J connectivity index is 1.60. The van der Waals surface area contributed by atoms with Crippen molar-refractivity contribution in [3.8, 4) is 5.88 Å². The molecule has 6 heteroatoms. The number of thiophene rings is 1. The lowest BCUT2D eigenvalue weighted by molar-refractivity contribution is 0.0950. The van der Waals surface area contributed by atoms with E-state index in [4.69, 9.17) is 4.74 Å². The lowest BCUT2D eigenvalue weighted by Gasteiger charge is -2.12. The Morgan fingerprint density at radius 2 is 2.43 bits per heavy atom. The van der Waals surface area contributed by atoms with Gasteiger partial charge in [0.1, 0.15) is 6.10 Å². The molecular formula is C15H16N2O2S2. The van der Waals surface area contributed by atoms with Crippen LogP contribution in [0.2, 0.25) is 0 Å². The zero-order valence-corrected chi connectivity index (χ0v) is 13.1. The highest BCUT2D eigenvalue weighted by Crippen LogP contribution is 2.22. The molecule has 3 heterocycles. The summed E-state index contributed by atoms with van der Waals surface area (Å²) in [7, 11) is 0. The highest BCUT2D eigenvalue weighted by atomic mass is 32.2. The Morgan fingerprint density at radius 1 is 1.48 bits per heavy atom. The molecule has 1 atom stereocenters. The molecule has 1 fully saturated rings. The first-order valence-corrected chi connectivity index (χ1v) is 8.86. The monoisotopic (exact) mass is 320 g/mol. The van der Waals surface area contributed by atoms with Crippen molar-refractivity contribution in [3.63, 3.8) is 0 Å². The molecule has 21 heavy (non-hydrogen) atoms. The van der Waals surface area contributed by atoms with E-state index < -0.39 is 0 Å². The van der Waals surface area contributed by atoms with Crippen LogP contribution in [0.4, 0.5) is 0 Å². The molecule has 0 radical (unpaired) electrons. The van der Waals surface area contributed by atoms with E-state index in [1.54, 1.807) is 29.7 Å². The summed E-state index contributed by atoms with van der Waals surface area (Å²) in [4.78, 5) is 17.5. The standard InChI is InChI=1S/C15H16N2O2S2/c18-15(17-9-13-2-1-6-21-13)11-3-5-16-14(8-11)19-12-4-7-20-10-12/h1-3,5-6,8,12H,4,7,9-10H2,(H,17,18)/t12-/m0/s1. The van der Waals surface area contributed by atoms with E-state index in [2.05, 4.69) is 10.3 Å². The van der Waals surface area contributed by atoms with Gasteiger partial charge in [-0.15, -0.1) is 11.3 Å². The number of aromatic nitrogens is 1. The summed E-state index contributed by atoms with van der Waals surface area (Å²) >= 11 is 3.52. The highest BCUT2D eigenvalue weighted by molar-refractivity contribution is 7.99. The van der Waals surface area contributed by atoms with Crippen molar-refractivity contribution in [2.45, 2.75) is 19.1 Å². The quantitative estimate of drug-likeness (QED) is 0.920. The summed E-state index contributed by atoms with van der Waals surface area (Å²) in [6.45, 7) is 0.550. The Morgan fingerprint density at radius 3 is 3.19 bits per heavy atom. The second-order valence-electron chi connectivity index (χ2n) is 4.75. The molecule has 0 saturated carbocycles. The maximum atomic E-state index is 12.1. The van der Waals surface area contributed by atoms with Gasteiger partial charge in [0, 0.05) is 28.5 Å². The number of hydrogen-bond acceptors (Lipinski definition) is 5. The minimum Gasteiger partial charge on any atom is -0.473 e. The van der Waals surface area contributed by atoms with Gasteiger partial charge in [-0.1, -0.05) is 6.07 Å². The number of thioether (sulfide) groups is 1. The number of carbonyl (C=O) groups is 1. The molecular weight excluding hydrogens is 304 g/mol. The van der Waals surface area contributed by atoms with Crippen LogP contribution in [0.1, 0.15) is 21.7 Å². The number of carbonyl (C=O) groups excluding carboxylic acids is 1. The van der Waals surface area contributed by atoms with Crippen molar-refractivity contribution < 1.29 is 9.53 Å². The molecule has 2 aromatic rings. The van der Waals surface area contributed by atoms with Crippen LogP contribution in [-0.2, 0) is 6.54 Å². The third kappa shape index (κ3) is 3.98. The highest BCUT2D eigenvalue weighted by Gasteiger charge is 2.18. The van der Waals surface area contributed by atoms with Crippen LogP contribution in [0.25, 0.3) is 0 Å². The van der Waals surface area contributed by atoms with Gasteiger partial charge >= 0.3 is 0 Å². The van der Waals surface area contributed by atoms with Crippen molar-refractivity contribution >= 4 is 29.0 Å². The summed E-state index contributed by atoms with van der Waals surface area (Å²) in [6, 6.07) is 7.40. The number of pyridine rings is 1. The minimum atomic E-state index is -0.101. The predicted molar refractivity (Wildman–Crippen MR) is 86.1 cm³/mol. The number of ether oxygens (including phenoxy) is 1. The van der Waals surface area contributed by atoms with Crippen molar-refractivity contribution in [2.75, 3.05) is 11.5 Å². The van der Waals surface area contributed by atoms with E-state index in [1.807, 2.05) is 29.3 Å². The van der Waals surface area contributed by atoms with Gasteiger partial charge in [-0.3, -0.25) is 4.79 Å². The van der Waals surface area contributed by atoms with Crippen LogP contribution in [0, 0.1) is 0 Å². The third-order valence-electron chi connectivity index (χ3n) is 3.18. The van der Waals surface area contributed by atoms with E-state index in [-0.39, 0.29) is 12.0 Å². The normalized spacial score (nSPS) is 17.6. The average molecular weight is 320 g/mol. The van der Waals surface area contributed by atoms with Gasteiger partial charge < -0.3 is 10.1 Å². The van der Waals surface area contributed by atoms with Crippen molar-refractivity contribution in [1.82, 2.24) is 10.3 Å². The molecule has 0 bridgehead atoms. The summed E-state index contributed by atoms with van der Waals surface area (Å²) in [5.74, 6) is 2.56. The van der Waals surface area contributed by atoms with Gasteiger partial charge in [0.25, 0.3) is 5.91 Å². The number of amides is 1. The summed E-state index contributed by atoms with van der Waals surface area (Å²) in [5.41, 5.74) is 0.585. The van der Waals surface area contributed by atoms with Gasteiger partial charge in [0.05, 0.1) is 6.54 Å². The zero-order valence-electron chi connectivity index (χ0n) is 11.5. The maximum absolute atomic E-state index is 12.1. The van der Waals surface area contributed by atoms with Gasteiger partial charge in [-0.05, 0) is 29.7 Å². The molecule has 0 aliphatic carbocycles. The molecule has 1 saturated heterocycles. The molecule has 3 rings (SSSR count). The summed E-state index contributed by atoms with van der Waals surface area (Å²) in [6.07, 6.45) is 2.88. The Hall–Kier alpha value is -1.53. The van der Waals surface area contributed by atoms with Gasteiger partial charge in [-0.2, -0.15) is 11.8 Å². The average Bonchev–Trinajstić information content (AvgIpc) is 3.18. The lowest BCUT2D eigenvalue weighted by atomic mass is 10.2. The molecule has 0 aromatic carbocycles.